The summed E-state index contributed by atoms with van der Waals surface area (Å²) in [4.78, 5) is 14.2. The van der Waals surface area contributed by atoms with Crippen LogP contribution >= 0.6 is 11.8 Å². The van der Waals surface area contributed by atoms with E-state index in [-0.39, 0.29) is 6.04 Å². The zero-order valence-electron chi connectivity index (χ0n) is 11.9. The third-order valence-corrected chi connectivity index (χ3v) is 4.35. The van der Waals surface area contributed by atoms with Gasteiger partial charge in [0.1, 0.15) is 11.4 Å². The van der Waals surface area contributed by atoms with Crippen LogP contribution in [-0.4, -0.2) is 22.0 Å². The second-order valence-corrected chi connectivity index (χ2v) is 5.79. The Kier molecular flexibility index (Phi) is 4.13. The first-order valence-corrected chi connectivity index (χ1v) is 7.60. The Morgan fingerprint density at radius 3 is 2.67 bits per heavy atom. The van der Waals surface area contributed by atoms with Crippen LogP contribution in [0.3, 0.4) is 0 Å². The van der Waals surface area contributed by atoms with Gasteiger partial charge in [0.05, 0.1) is 11.2 Å². The summed E-state index contributed by atoms with van der Waals surface area (Å²) in [6.45, 7) is 2.09. The van der Waals surface area contributed by atoms with Crippen molar-refractivity contribution < 1.29 is 0 Å². The first-order valence-electron chi connectivity index (χ1n) is 6.79. The normalized spacial score (nSPS) is 12.5. The minimum atomic E-state index is 0.254. The van der Waals surface area contributed by atoms with Crippen LogP contribution in [0.25, 0.3) is 10.9 Å². The maximum absolute atomic E-state index is 4.50. The number of para-hydroxylation sites is 1. The standard InChI is InChI=1S/C16H16N4S/c1-11(17-2)14-8-7-12(9-18-14)21-16-13-5-3-4-6-15(13)19-10-20-16/h3-11,17H,1-2H3. The van der Waals surface area contributed by atoms with Gasteiger partial charge >= 0.3 is 0 Å². The second-order valence-electron chi connectivity index (χ2n) is 4.73. The number of nitrogens with one attached hydrogen (secondary N) is 1. The van der Waals surface area contributed by atoms with Crippen LogP contribution in [0, 0.1) is 0 Å². The summed E-state index contributed by atoms with van der Waals surface area (Å²) in [7, 11) is 1.93. The van der Waals surface area contributed by atoms with E-state index in [1.165, 1.54) is 0 Å². The lowest BCUT2D eigenvalue weighted by atomic mass is 10.2. The Morgan fingerprint density at radius 1 is 1.05 bits per heavy atom. The zero-order valence-corrected chi connectivity index (χ0v) is 12.8. The minimum Gasteiger partial charge on any atom is -0.312 e. The maximum atomic E-state index is 4.50. The molecule has 1 aromatic carbocycles. The molecule has 21 heavy (non-hydrogen) atoms. The van der Waals surface area contributed by atoms with E-state index in [9.17, 15) is 0 Å². The molecule has 0 aliphatic carbocycles. The molecule has 106 valence electrons. The first kappa shape index (κ1) is 14.0. The van der Waals surface area contributed by atoms with Crippen molar-refractivity contribution in [1.82, 2.24) is 20.3 Å². The van der Waals surface area contributed by atoms with E-state index in [1.807, 2.05) is 43.6 Å². The van der Waals surface area contributed by atoms with Crippen molar-refractivity contribution in [3.63, 3.8) is 0 Å². The van der Waals surface area contributed by atoms with Gasteiger partial charge in [0.15, 0.2) is 0 Å². The third kappa shape index (κ3) is 3.04. The van der Waals surface area contributed by atoms with Gasteiger partial charge in [-0.25, -0.2) is 9.97 Å². The van der Waals surface area contributed by atoms with Gasteiger partial charge in [0.25, 0.3) is 0 Å². The van der Waals surface area contributed by atoms with E-state index in [1.54, 1.807) is 18.1 Å². The summed E-state index contributed by atoms with van der Waals surface area (Å²) in [6.07, 6.45) is 3.50. The van der Waals surface area contributed by atoms with Crippen LogP contribution in [0.5, 0.6) is 0 Å². The Bertz CT molecular complexity index is 737. The monoisotopic (exact) mass is 296 g/mol. The topological polar surface area (TPSA) is 50.7 Å². The highest BCUT2D eigenvalue weighted by molar-refractivity contribution is 7.99. The molecule has 3 rings (SSSR count). The zero-order chi connectivity index (χ0) is 14.7. The van der Waals surface area contributed by atoms with Crippen LogP contribution in [-0.2, 0) is 0 Å². The van der Waals surface area contributed by atoms with Crippen molar-refractivity contribution in [3.05, 3.63) is 54.6 Å². The summed E-state index contributed by atoms with van der Waals surface area (Å²) < 4.78 is 0. The number of aromatic nitrogens is 3. The third-order valence-electron chi connectivity index (χ3n) is 3.36. The Labute approximate surface area is 128 Å². The highest BCUT2D eigenvalue weighted by Crippen LogP contribution is 2.30. The highest BCUT2D eigenvalue weighted by Gasteiger charge is 2.07. The highest BCUT2D eigenvalue weighted by atomic mass is 32.2. The summed E-state index contributed by atoms with van der Waals surface area (Å²) in [5, 5.41) is 5.21. The molecule has 0 aliphatic heterocycles. The molecule has 0 bridgehead atoms. The van der Waals surface area contributed by atoms with Gasteiger partial charge in [-0.05, 0) is 32.2 Å². The Morgan fingerprint density at radius 2 is 1.90 bits per heavy atom. The number of hydrogen-bond acceptors (Lipinski definition) is 5. The molecular formula is C16H16N4S. The van der Waals surface area contributed by atoms with Gasteiger partial charge in [0, 0.05) is 22.5 Å². The van der Waals surface area contributed by atoms with Crippen molar-refractivity contribution in [2.45, 2.75) is 22.9 Å². The molecule has 1 N–H and O–H groups in total. The SMILES string of the molecule is CNC(C)c1ccc(Sc2ncnc3ccccc23)cn1. The average molecular weight is 296 g/mol. The molecule has 0 fully saturated rings. The van der Waals surface area contributed by atoms with Crippen molar-refractivity contribution in [1.29, 1.82) is 0 Å². The summed E-state index contributed by atoms with van der Waals surface area (Å²) in [6, 6.07) is 12.4. The average Bonchev–Trinajstić information content (AvgIpc) is 2.55. The van der Waals surface area contributed by atoms with Gasteiger partial charge in [-0.3, -0.25) is 4.98 Å². The number of nitrogens with zero attached hydrogens (tertiary/aromatic N) is 3. The molecule has 1 unspecified atom stereocenters. The predicted octanol–water partition coefficient (Wildman–Crippen LogP) is 3.46. The molecule has 0 radical (unpaired) electrons. The van der Waals surface area contributed by atoms with Crippen LogP contribution in [0.2, 0.25) is 0 Å². The lowest BCUT2D eigenvalue weighted by molar-refractivity contribution is 0.631. The lowest BCUT2D eigenvalue weighted by Gasteiger charge is -2.10. The fraction of sp³-hybridized carbons (Fsp3) is 0.188. The van der Waals surface area contributed by atoms with E-state index < -0.39 is 0 Å². The molecule has 2 aromatic heterocycles. The predicted molar refractivity (Wildman–Crippen MR) is 85.4 cm³/mol. The second kappa shape index (κ2) is 6.20. The van der Waals surface area contributed by atoms with Crippen molar-refractivity contribution in [2.24, 2.45) is 0 Å². The van der Waals surface area contributed by atoms with Gasteiger partial charge in [-0.1, -0.05) is 30.0 Å². The summed E-state index contributed by atoms with van der Waals surface area (Å²) >= 11 is 1.61. The van der Waals surface area contributed by atoms with Crippen LogP contribution in [0.4, 0.5) is 0 Å². The number of fused-ring (bicyclic) bond motifs is 1. The molecule has 0 spiro atoms. The van der Waals surface area contributed by atoms with Gasteiger partial charge in [-0.2, -0.15) is 0 Å². The Hall–Kier alpha value is -1.98. The largest absolute Gasteiger partial charge is 0.312 e. The van der Waals surface area contributed by atoms with E-state index in [0.29, 0.717) is 0 Å². The lowest BCUT2D eigenvalue weighted by Crippen LogP contribution is -2.13. The Balaban J connectivity index is 1.88. The minimum absolute atomic E-state index is 0.254. The quantitative estimate of drug-likeness (QED) is 0.747. The van der Waals surface area contributed by atoms with Crippen molar-refractivity contribution >= 4 is 22.7 Å². The molecule has 3 aromatic rings. The van der Waals surface area contributed by atoms with Crippen LogP contribution < -0.4 is 5.32 Å². The van der Waals surface area contributed by atoms with E-state index in [0.717, 1.165) is 26.5 Å². The van der Waals surface area contributed by atoms with E-state index in [2.05, 4.69) is 33.3 Å². The van der Waals surface area contributed by atoms with E-state index in [4.69, 9.17) is 0 Å². The number of hydrogen-bond donors (Lipinski definition) is 1. The van der Waals surface area contributed by atoms with Crippen molar-refractivity contribution in [2.75, 3.05) is 7.05 Å². The summed E-state index contributed by atoms with van der Waals surface area (Å²) in [5.41, 5.74) is 2.00. The molecule has 0 aliphatic rings. The number of rotatable bonds is 4. The molecule has 4 nitrogen and oxygen atoms in total. The molecule has 0 saturated carbocycles. The fourth-order valence-corrected chi connectivity index (χ4v) is 2.88. The van der Waals surface area contributed by atoms with Crippen LogP contribution in [0.15, 0.2) is 58.8 Å². The number of benzene rings is 1. The molecule has 0 saturated heterocycles. The molecular weight excluding hydrogens is 280 g/mol. The molecule has 0 amide bonds. The van der Waals surface area contributed by atoms with Crippen molar-refractivity contribution in [3.8, 4) is 0 Å². The molecule has 1 atom stereocenters. The maximum Gasteiger partial charge on any atom is 0.117 e. The fourth-order valence-electron chi connectivity index (χ4n) is 2.03. The van der Waals surface area contributed by atoms with E-state index >= 15 is 0 Å². The molecule has 5 heteroatoms. The summed E-state index contributed by atoms with van der Waals surface area (Å²) in [5.74, 6) is 0. The van der Waals surface area contributed by atoms with Gasteiger partial charge in [0.2, 0.25) is 0 Å². The van der Waals surface area contributed by atoms with Gasteiger partial charge < -0.3 is 5.32 Å². The van der Waals surface area contributed by atoms with Crippen LogP contribution in [0.1, 0.15) is 18.7 Å². The first-order chi connectivity index (χ1) is 10.3. The number of pyridine rings is 1. The smallest absolute Gasteiger partial charge is 0.117 e. The van der Waals surface area contributed by atoms with Gasteiger partial charge in [-0.15, -0.1) is 0 Å². The molecule has 2 heterocycles.